The van der Waals surface area contributed by atoms with E-state index in [1.807, 2.05) is 0 Å². The summed E-state index contributed by atoms with van der Waals surface area (Å²) < 4.78 is 67.4. The first-order valence-corrected chi connectivity index (χ1v) is 8.12. The van der Waals surface area contributed by atoms with Crippen LogP contribution in [0.3, 0.4) is 0 Å². The monoisotopic (exact) mass is 323 g/mol. The molecular formula is C13H16F3NO3S. The molecule has 0 unspecified atom stereocenters. The Kier molecular flexibility index (Phi) is 4.48. The largest absolute Gasteiger partial charge is 0.416 e. The van der Waals surface area contributed by atoms with Gasteiger partial charge in [-0.2, -0.15) is 13.2 Å². The van der Waals surface area contributed by atoms with Gasteiger partial charge in [-0.15, -0.1) is 0 Å². The number of hydrogen-bond donors (Lipinski definition) is 1. The third-order valence-corrected chi connectivity index (χ3v) is 5.42. The first-order valence-electron chi connectivity index (χ1n) is 6.47. The molecule has 0 atom stereocenters. The van der Waals surface area contributed by atoms with Crippen molar-refractivity contribution in [1.29, 1.82) is 0 Å². The van der Waals surface area contributed by atoms with Gasteiger partial charge in [0.25, 0.3) is 0 Å². The number of sulfone groups is 1. The van der Waals surface area contributed by atoms with Gasteiger partial charge in [0.05, 0.1) is 21.9 Å². The van der Waals surface area contributed by atoms with E-state index in [9.17, 15) is 21.6 Å². The summed E-state index contributed by atoms with van der Waals surface area (Å²) in [4.78, 5) is -0.234. The van der Waals surface area contributed by atoms with E-state index >= 15 is 0 Å². The molecule has 118 valence electrons. The van der Waals surface area contributed by atoms with Gasteiger partial charge in [0.2, 0.25) is 0 Å². The second-order valence-corrected chi connectivity index (χ2v) is 7.09. The third kappa shape index (κ3) is 3.88. The molecule has 0 aromatic heterocycles. The third-order valence-electron chi connectivity index (χ3n) is 3.47. The van der Waals surface area contributed by atoms with Crippen molar-refractivity contribution in [3.8, 4) is 0 Å². The molecule has 2 N–H and O–H groups in total. The standard InChI is InChI=1S/C13H16F3NO3S/c14-13(15,16)10-1-2-12(11(17)7-10)21(18,19)8-9-3-5-20-6-4-9/h1-2,7,9H,3-6,8,17H2. The molecule has 0 amide bonds. The van der Waals surface area contributed by atoms with Crippen molar-refractivity contribution >= 4 is 15.5 Å². The molecule has 1 aliphatic rings. The minimum atomic E-state index is -4.54. The van der Waals surface area contributed by atoms with E-state index in [-0.39, 0.29) is 22.3 Å². The highest BCUT2D eigenvalue weighted by molar-refractivity contribution is 7.91. The van der Waals surface area contributed by atoms with Gasteiger partial charge in [-0.3, -0.25) is 0 Å². The highest BCUT2D eigenvalue weighted by Crippen LogP contribution is 2.33. The summed E-state index contributed by atoms with van der Waals surface area (Å²) >= 11 is 0. The SMILES string of the molecule is Nc1cc(C(F)(F)F)ccc1S(=O)(=O)CC1CCOCC1. The zero-order chi connectivity index (χ0) is 15.7. The van der Waals surface area contributed by atoms with Crippen LogP contribution in [0.5, 0.6) is 0 Å². The first kappa shape index (κ1) is 16.1. The average molecular weight is 323 g/mol. The summed E-state index contributed by atoms with van der Waals surface area (Å²) in [5, 5.41) is 0. The Balaban J connectivity index is 2.23. The highest BCUT2D eigenvalue weighted by atomic mass is 32.2. The first-order chi connectivity index (χ1) is 9.70. The number of anilines is 1. The number of nitrogen functional groups attached to an aromatic ring is 1. The van der Waals surface area contributed by atoms with Crippen LogP contribution in [0.2, 0.25) is 0 Å². The Hall–Kier alpha value is -1.28. The maximum Gasteiger partial charge on any atom is 0.416 e. The molecular weight excluding hydrogens is 307 g/mol. The van der Waals surface area contributed by atoms with E-state index in [0.29, 0.717) is 32.1 Å². The lowest BCUT2D eigenvalue weighted by atomic mass is 10.0. The van der Waals surface area contributed by atoms with Gasteiger partial charge in [-0.1, -0.05) is 0 Å². The molecule has 21 heavy (non-hydrogen) atoms. The van der Waals surface area contributed by atoms with Gasteiger partial charge in [0.1, 0.15) is 0 Å². The molecule has 0 saturated carbocycles. The van der Waals surface area contributed by atoms with Crippen molar-refractivity contribution in [2.75, 3.05) is 24.7 Å². The fourth-order valence-corrected chi connectivity index (χ4v) is 4.15. The lowest BCUT2D eigenvalue weighted by Gasteiger charge is -2.22. The van der Waals surface area contributed by atoms with E-state index in [2.05, 4.69) is 0 Å². The van der Waals surface area contributed by atoms with Crippen molar-refractivity contribution in [3.05, 3.63) is 23.8 Å². The van der Waals surface area contributed by atoms with Crippen molar-refractivity contribution in [2.24, 2.45) is 5.92 Å². The zero-order valence-corrected chi connectivity index (χ0v) is 12.0. The van der Waals surface area contributed by atoms with Crippen LogP contribution in [-0.2, 0) is 20.8 Å². The number of hydrogen-bond acceptors (Lipinski definition) is 4. The van der Waals surface area contributed by atoms with Gasteiger partial charge in [-0.05, 0) is 37.0 Å². The molecule has 0 bridgehead atoms. The van der Waals surface area contributed by atoms with Crippen molar-refractivity contribution in [3.63, 3.8) is 0 Å². The smallest absolute Gasteiger partial charge is 0.398 e. The van der Waals surface area contributed by atoms with Gasteiger partial charge in [-0.25, -0.2) is 8.42 Å². The summed E-state index contributed by atoms with van der Waals surface area (Å²) in [6.07, 6.45) is -3.29. The zero-order valence-electron chi connectivity index (χ0n) is 11.2. The summed E-state index contributed by atoms with van der Waals surface area (Å²) in [5.74, 6) is -0.170. The summed E-state index contributed by atoms with van der Waals surface area (Å²) in [6, 6.07) is 2.34. The minimum Gasteiger partial charge on any atom is -0.398 e. The molecule has 4 nitrogen and oxygen atoms in total. The van der Waals surface area contributed by atoms with E-state index in [0.717, 1.165) is 12.1 Å². The Morgan fingerprint density at radius 1 is 1.24 bits per heavy atom. The lowest BCUT2D eigenvalue weighted by Crippen LogP contribution is -2.24. The predicted octanol–water partition coefficient (Wildman–Crippen LogP) is 2.49. The van der Waals surface area contributed by atoms with E-state index in [1.165, 1.54) is 0 Å². The van der Waals surface area contributed by atoms with E-state index < -0.39 is 21.6 Å². The Morgan fingerprint density at radius 2 is 1.86 bits per heavy atom. The number of alkyl halides is 3. The van der Waals surface area contributed by atoms with Crippen LogP contribution in [0.25, 0.3) is 0 Å². The fourth-order valence-electron chi connectivity index (χ4n) is 2.32. The number of nitrogens with two attached hydrogens (primary N) is 1. The Morgan fingerprint density at radius 3 is 2.38 bits per heavy atom. The number of benzene rings is 1. The Labute approximate surface area is 121 Å². The van der Waals surface area contributed by atoms with E-state index in [1.54, 1.807) is 0 Å². The highest BCUT2D eigenvalue weighted by Gasteiger charge is 2.32. The summed E-state index contributed by atoms with van der Waals surface area (Å²) in [6.45, 7) is 1.01. The van der Waals surface area contributed by atoms with Crippen LogP contribution in [0.4, 0.5) is 18.9 Å². The molecule has 0 aliphatic carbocycles. The fraction of sp³-hybridized carbons (Fsp3) is 0.538. The topological polar surface area (TPSA) is 69.4 Å². The molecule has 1 saturated heterocycles. The molecule has 2 rings (SSSR count). The van der Waals surface area contributed by atoms with Gasteiger partial charge in [0.15, 0.2) is 9.84 Å². The minimum absolute atomic E-state index is 0.0505. The molecule has 8 heteroatoms. The van der Waals surface area contributed by atoms with Crippen LogP contribution in [-0.4, -0.2) is 27.4 Å². The van der Waals surface area contributed by atoms with Gasteiger partial charge in [0, 0.05) is 13.2 Å². The number of halogens is 3. The van der Waals surface area contributed by atoms with Crippen molar-refractivity contribution < 1.29 is 26.3 Å². The molecule has 1 fully saturated rings. The number of rotatable bonds is 3. The second-order valence-electron chi connectivity index (χ2n) is 5.09. The van der Waals surface area contributed by atoms with Gasteiger partial charge >= 0.3 is 6.18 Å². The maximum absolute atomic E-state index is 12.5. The quantitative estimate of drug-likeness (QED) is 0.868. The maximum atomic E-state index is 12.5. The predicted molar refractivity (Wildman–Crippen MR) is 71.5 cm³/mol. The summed E-state index contributed by atoms with van der Waals surface area (Å²) in [7, 11) is -3.70. The average Bonchev–Trinajstić information content (AvgIpc) is 2.37. The molecule has 0 spiro atoms. The van der Waals surface area contributed by atoms with Crippen LogP contribution in [0.1, 0.15) is 18.4 Å². The second kappa shape index (κ2) is 5.84. The van der Waals surface area contributed by atoms with Crippen molar-refractivity contribution in [2.45, 2.75) is 23.9 Å². The molecule has 1 aromatic carbocycles. The van der Waals surface area contributed by atoms with Crippen LogP contribution in [0, 0.1) is 5.92 Å². The molecule has 1 aliphatic heterocycles. The molecule has 0 radical (unpaired) electrons. The number of ether oxygens (including phenoxy) is 1. The van der Waals surface area contributed by atoms with E-state index in [4.69, 9.17) is 10.5 Å². The lowest BCUT2D eigenvalue weighted by molar-refractivity contribution is -0.137. The summed E-state index contributed by atoms with van der Waals surface area (Å²) in [5.41, 5.74) is 4.19. The molecule has 1 aromatic rings. The van der Waals surface area contributed by atoms with Crippen LogP contribution < -0.4 is 5.73 Å². The molecule has 1 heterocycles. The van der Waals surface area contributed by atoms with Crippen molar-refractivity contribution in [1.82, 2.24) is 0 Å². The van der Waals surface area contributed by atoms with Crippen LogP contribution in [0.15, 0.2) is 23.1 Å². The normalized spacial score (nSPS) is 17.9. The Bertz CT molecular complexity index is 608. The van der Waals surface area contributed by atoms with Crippen LogP contribution >= 0.6 is 0 Å². The van der Waals surface area contributed by atoms with Gasteiger partial charge < -0.3 is 10.5 Å².